The van der Waals surface area contributed by atoms with E-state index in [1.165, 1.54) is 11.1 Å². The quantitative estimate of drug-likeness (QED) is 0.698. The number of nitrogens with zero attached hydrogens (tertiary/aromatic N) is 2. The molecule has 2 bridgehead atoms. The number of piperidine rings is 1. The van der Waals surface area contributed by atoms with E-state index >= 15 is 0 Å². The lowest BCUT2D eigenvalue weighted by molar-refractivity contribution is 0.0425. The van der Waals surface area contributed by atoms with Crippen molar-refractivity contribution in [3.05, 3.63) is 59.4 Å². The zero-order chi connectivity index (χ0) is 19.9. The highest BCUT2D eigenvalue weighted by Crippen LogP contribution is 2.63. The molecule has 5 atom stereocenters. The van der Waals surface area contributed by atoms with Gasteiger partial charge in [-0.25, -0.2) is 4.98 Å². The molecule has 1 saturated heterocycles. The first-order chi connectivity index (χ1) is 14.0. The van der Waals surface area contributed by atoms with Gasteiger partial charge >= 0.3 is 0 Å². The van der Waals surface area contributed by atoms with E-state index < -0.39 is 0 Å². The molecule has 3 unspecified atom stereocenters. The number of carbonyl (C=O) groups excluding carboxylic acids is 1. The van der Waals surface area contributed by atoms with Gasteiger partial charge in [0.2, 0.25) is 0 Å². The SMILES string of the molecule is CC[C@@]12CC3C(C)C1[C@@H](Cc1ccc(O)cc12)N3C(=O)c1ccc2nc[nH]c2c1. The van der Waals surface area contributed by atoms with Gasteiger partial charge in [0.05, 0.1) is 17.4 Å². The van der Waals surface area contributed by atoms with Crippen LogP contribution < -0.4 is 0 Å². The largest absolute Gasteiger partial charge is 0.508 e. The second-order valence-electron chi connectivity index (χ2n) is 9.13. The molecular formula is C24H25N3O2. The van der Waals surface area contributed by atoms with Gasteiger partial charge in [-0.1, -0.05) is 19.9 Å². The van der Waals surface area contributed by atoms with Crippen molar-refractivity contribution in [3.63, 3.8) is 0 Å². The number of hydrogen-bond donors (Lipinski definition) is 2. The number of aromatic amines is 1. The minimum atomic E-state index is 0.0746. The molecule has 1 saturated carbocycles. The van der Waals surface area contributed by atoms with E-state index in [9.17, 15) is 9.90 Å². The van der Waals surface area contributed by atoms with Crippen LogP contribution in [0.2, 0.25) is 0 Å². The molecule has 29 heavy (non-hydrogen) atoms. The van der Waals surface area contributed by atoms with E-state index in [1.54, 1.807) is 12.4 Å². The summed E-state index contributed by atoms with van der Waals surface area (Å²) < 4.78 is 0. The monoisotopic (exact) mass is 387 g/mol. The van der Waals surface area contributed by atoms with Crippen molar-refractivity contribution >= 4 is 16.9 Å². The van der Waals surface area contributed by atoms with Crippen LogP contribution in [-0.4, -0.2) is 38.0 Å². The van der Waals surface area contributed by atoms with E-state index in [1.807, 2.05) is 24.3 Å². The number of carbonyl (C=O) groups is 1. The molecule has 3 aliphatic rings. The molecule has 2 heterocycles. The van der Waals surface area contributed by atoms with Crippen LogP contribution in [-0.2, 0) is 11.8 Å². The highest BCUT2D eigenvalue weighted by atomic mass is 16.3. The predicted octanol–water partition coefficient (Wildman–Crippen LogP) is 4.02. The fourth-order valence-electron chi connectivity index (χ4n) is 6.96. The Hall–Kier alpha value is -2.82. The number of likely N-dealkylation sites (tertiary alicyclic amines) is 1. The highest BCUT2D eigenvalue weighted by molar-refractivity contribution is 5.98. The lowest BCUT2D eigenvalue weighted by atomic mass is 9.59. The Labute approximate surface area is 169 Å². The zero-order valence-electron chi connectivity index (χ0n) is 16.7. The predicted molar refractivity (Wildman–Crippen MR) is 111 cm³/mol. The summed E-state index contributed by atoms with van der Waals surface area (Å²) in [5.41, 5.74) is 5.21. The highest BCUT2D eigenvalue weighted by Gasteiger charge is 2.66. The number of aromatic hydroxyl groups is 1. The lowest BCUT2D eigenvalue weighted by Gasteiger charge is -2.51. The van der Waals surface area contributed by atoms with Crippen molar-refractivity contribution in [3.8, 4) is 5.75 Å². The summed E-state index contributed by atoms with van der Waals surface area (Å²) in [6.45, 7) is 4.58. The number of imidazole rings is 1. The summed E-state index contributed by atoms with van der Waals surface area (Å²) in [6, 6.07) is 12.1. The van der Waals surface area contributed by atoms with Gasteiger partial charge in [-0.3, -0.25) is 4.79 Å². The smallest absolute Gasteiger partial charge is 0.254 e. The van der Waals surface area contributed by atoms with E-state index in [2.05, 4.69) is 34.8 Å². The normalized spacial score (nSPS) is 32.0. The fourth-order valence-corrected chi connectivity index (χ4v) is 6.96. The molecule has 2 N–H and O–H groups in total. The summed E-state index contributed by atoms with van der Waals surface area (Å²) in [6.07, 6.45) is 4.58. The third-order valence-corrected chi connectivity index (χ3v) is 8.11. The summed E-state index contributed by atoms with van der Waals surface area (Å²) in [5, 5.41) is 10.1. The van der Waals surface area contributed by atoms with Crippen LogP contribution in [0.25, 0.3) is 11.0 Å². The van der Waals surface area contributed by atoms with E-state index in [-0.39, 0.29) is 23.4 Å². The minimum Gasteiger partial charge on any atom is -0.508 e. The number of H-pyrrole nitrogens is 1. The first kappa shape index (κ1) is 17.1. The number of rotatable bonds is 2. The van der Waals surface area contributed by atoms with Crippen LogP contribution in [0.1, 0.15) is 48.2 Å². The molecule has 5 nitrogen and oxygen atoms in total. The summed E-state index contributed by atoms with van der Waals surface area (Å²) >= 11 is 0. The Morgan fingerprint density at radius 1 is 1.28 bits per heavy atom. The van der Waals surface area contributed by atoms with Crippen molar-refractivity contribution in [1.82, 2.24) is 14.9 Å². The van der Waals surface area contributed by atoms with Gasteiger partial charge in [-0.05, 0) is 72.6 Å². The minimum absolute atomic E-state index is 0.0746. The summed E-state index contributed by atoms with van der Waals surface area (Å²) in [7, 11) is 0. The van der Waals surface area contributed by atoms with Crippen LogP contribution in [0.3, 0.4) is 0 Å². The number of benzene rings is 2. The maximum Gasteiger partial charge on any atom is 0.254 e. The standard InChI is InChI=1S/C24H25N3O2/c1-3-24-11-21-13(2)22(24)20(9-14-4-6-16(28)10-17(14)24)27(21)23(29)15-5-7-18-19(8-15)26-12-25-18/h4-8,10,12-13,20-22,28H,3,9,11H2,1-2H3,(H,25,26)/t13?,20-,21?,22?,24+/m1/s1. The molecule has 2 aliphatic carbocycles. The number of amides is 1. The van der Waals surface area contributed by atoms with Crippen molar-refractivity contribution in [2.24, 2.45) is 11.8 Å². The Morgan fingerprint density at radius 2 is 2.14 bits per heavy atom. The molecule has 5 heteroatoms. The molecule has 2 aromatic carbocycles. The van der Waals surface area contributed by atoms with Crippen LogP contribution in [0.4, 0.5) is 0 Å². The van der Waals surface area contributed by atoms with E-state index in [0.29, 0.717) is 17.6 Å². The van der Waals surface area contributed by atoms with Crippen molar-refractivity contribution in [1.29, 1.82) is 0 Å². The maximum atomic E-state index is 13.7. The summed E-state index contributed by atoms with van der Waals surface area (Å²) in [4.78, 5) is 23.2. The Balaban J connectivity index is 1.45. The van der Waals surface area contributed by atoms with Gasteiger partial charge in [-0.2, -0.15) is 0 Å². The molecule has 6 rings (SSSR count). The van der Waals surface area contributed by atoms with Gasteiger partial charge in [0.15, 0.2) is 0 Å². The van der Waals surface area contributed by atoms with Crippen molar-refractivity contribution in [2.75, 3.05) is 0 Å². The molecule has 1 amide bonds. The van der Waals surface area contributed by atoms with Crippen LogP contribution >= 0.6 is 0 Å². The van der Waals surface area contributed by atoms with Gasteiger partial charge in [0.1, 0.15) is 5.75 Å². The van der Waals surface area contributed by atoms with E-state index in [0.717, 1.165) is 35.9 Å². The van der Waals surface area contributed by atoms with Gasteiger partial charge in [0.25, 0.3) is 5.91 Å². The Bertz CT molecular complexity index is 1150. The van der Waals surface area contributed by atoms with Crippen LogP contribution in [0, 0.1) is 11.8 Å². The first-order valence-corrected chi connectivity index (χ1v) is 10.6. The third kappa shape index (κ3) is 2.05. The number of phenols is 1. The van der Waals surface area contributed by atoms with Crippen molar-refractivity contribution < 1.29 is 9.90 Å². The number of aromatic nitrogens is 2. The second kappa shape index (κ2) is 5.62. The average molecular weight is 387 g/mol. The molecule has 0 radical (unpaired) electrons. The molecule has 1 aliphatic heterocycles. The van der Waals surface area contributed by atoms with Gasteiger partial charge < -0.3 is 15.0 Å². The van der Waals surface area contributed by atoms with Gasteiger partial charge in [-0.15, -0.1) is 0 Å². The van der Waals surface area contributed by atoms with Crippen LogP contribution in [0.15, 0.2) is 42.7 Å². The molecular weight excluding hydrogens is 362 g/mol. The summed E-state index contributed by atoms with van der Waals surface area (Å²) in [5.74, 6) is 1.41. The topological polar surface area (TPSA) is 69.2 Å². The van der Waals surface area contributed by atoms with Crippen molar-refractivity contribution in [2.45, 2.75) is 50.6 Å². The molecule has 3 aromatic rings. The second-order valence-corrected chi connectivity index (χ2v) is 9.13. The zero-order valence-corrected chi connectivity index (χ0v) is 16.7. The first-order valence-electron chi connectivity index (χ1n) is 10.6. The van der Waals surface area contributed by atoms with Crippen LogP contribution in [0.5, 0.6) is 5.75 Å². The molecule has 2 fully saturated rings. The number of fused-ring (bicyclic) bond motifs is 4. The molecule has 0 spiro atoms. The number of hydrogen-bond acceptors (Lipinski definition) is 3. The maximum absolute atomic E-state index is 13.7. The Morgan fingerprint density at radius 3 is 2.97 bits per heavy atom. The number of phenolic OH excluding ortho intramolecular Hbond substituents is 1. The number of nitrogens with one attached hydrogen (secondary N) is 1. The molecule has 148 valence electrons. The average Bonchev–Trinajstić information content (AvgIpc) is 3.38. The van der Waals surface area contributed by atoms with E-state index in [4.69, 9.17) is 0 Å². The fraction of sp³-hybridized carbons (Fsp3) is 0.417. The van der Waals surface area contributed by atoms with Gasteiger partial charge in [0, 0.05) is 23.1 Å². The third-order valence-electron chi connectivity index (χ3n) is 8.11. The molecule has 1 aromatic heterocycles. The lowest BCUT2D eigenvalue weighted by Crippen LogP contribution is -2.56. The Kier molecular flexibility index (Phi) is 3.31.